The average molecular weight is 369 g/mol. The zero-order chi connectivity index (χ0) is 19.7. The standard InChI is InChI=1S/C23H23N5/c1-16-13-14-19(17(2)25-16)20-11-8-12-21(26-20)23(3,4)22-24-15-28(27-22)18-9-6-5-7-10-18/h5-15H,1-4H3. The molecule has 4 rings (SSSR count). The quantitative estimate of drug-likeness (QED) is 0.525. The van der Waals surface area contributed by atoms with Gasteiger partial charge in [-0.15, -0.1) is 0 Å². The minimum Gasteiger partial charge on any atom is -0.258 e. The van der Waals surface area contributed by atoms with Gasteiger partial charge in [-0.3, -0.25) is 9.97 Å². The van der Waals surface area contributed by atoms with E-state index in [-0.39, 0.29) is 0 Å². The fourth-order valence-electron chi connectivity index (χ4n) is 3.26. The maximum atomic E-state index is 4.93. The van der Waals surface area contributed by atoms with Crippen LogP contribution in [0.4, 0.5) is 0 Å². The van der Waals surface area contributed by atoms with Crippen molar-refractivity contribution in [2.75, 3.05) is 0 Å². The molecule has 0 atom stereocenters. The van der Waals surface area contributed by atoms with Gasteiger partial charge in [-0.25, -0.2) is 9.67 Å². The fourth-order valence-corrected chi connectivity index (χ4v) is 3.26. The Bertz CT molecular complexity index is 1110. The molecule has 5 heteroatoms. The van der Waals surface area contributed by atoms with Gasteiger partial charge in [0.1, 0.15) is 6.33 Å². The first-order chi connectivity index (χ1) is 13.4. The molecule has 0 radical (unpaired) electrons. The van der Waals surface area contributed by atoms with E-state index in [1.807, 2.05) is 68.4 Å². The van der Waals surface area contributed by atoms with Gasteiger partial charge in [0.05, 0.1) is 22.5 Å². The molecule has 28 heavy (non-hydrogen) atoms. The van der Waals surface area contributed by atoms with Crippen LogP contribution in [-0.2, 0) is 5.41 Å². The van der Waals surface area contributed by atoms with Crippen LogP contribution in [0.2, 0.25) is 0 Å². The largest absolute Gasteiger partial charge is 0.258 e. The van der Waals surface area contributed by atoms with Crippen LogP contribution in [0.25, 0.3) is 16.9 Å². The lowest BCUT2D eigenvalue weighted by Gasteiger charge is -2.21. The maximum Gasteiger partial charge on any atom is 0.162 e. The van der Waals surface area contributed by atoms with Crippen LogP contribution in [0, 0.1) is 13.8 Å². The van der Waals surface area contributed by atoms with Crippen molar-refractivity contribution in [1.82, 2.24) is 24.7 Å². The first kappa shape index (κ1) is 18.0. The van der Waals surface area contributed by atoms with Crippen molar-refractivity contribution < 1.29 is 0 Å². The topological polar surface area (TPSA) is 56.5 Å². The van der Waals surface area contributed by atoms with Crippen LogP contribution < -0.4 is 0 Å². The molecule has 5 nitrogen and oxygen atoms in total. The van der Waals surface area contributed by atoms with Crippen molar-refractivity contribution in [3.05, 3.63) is 89.9 Å². The summed E-state index contributed by atoms with van der Waals surface area (Å²) in [5, 5.41) is 4.71. The molecule has 0 bridgehead atoms. The molecule has 0 amide bonds. The predicted molar refractivity (Wildman–Crippen MR) is 110 cm³/mol. The van der Waals surface area contributed by atoms with Gasteiger partial charge < -0.3 is 0 Å². The summed E-state index contributed by atoms with van der Waals surface area (Å²) in [5.74, 6) is 0.736. The Hall–Kier alpha value is -3.34. The minimum atomic E-state index is -0.429. The average Bonchev–Trinajstić information content (AvgIpc) is 3.20. The highest BCUT2D eigenvalue weighted by Crippen LogP contribution is 2.30. The molecule has 0 aliphatic heterocycles. The SMILES string of the molecule is Cc1ccc(-c2cccc(C(C)(C)c3ncn(-c4ccccc4)n3)n2)c(C)n1. The van der Waals surface area contributed by atoms with Crippen molar-refractivity contribution >= 4 is 0 Å². The van der Waals surface area contributed by atoms with Gasteiger partial charge in [0, 0.05) is 17.0 Å². The first-order valence-electron chi connectivity index (χ1n) is 9.35. The monoisotopic (exact) mass is 369 g/mol. The highest BCUT2D eigenvalue weighted by Gasteiger charge is 2.29. The molecular weight excluding hydrogens is 346 g/mol. The third-order valence-electron chi connectivity index (χ3n) is 4.96. The Balaban J connectivity index is 1.71. The van der Waals surface area contributed by atoms with Crippen molar-refractivity contribution in [3.8, 4) is 16.9 Å². The number of rotatable bonds is 4. The summed E-state index contributed by atoms with van der Waals surface area (Å²) in [4.78, 5) is 14.1. The molecule has 3 heterocycles. The second-order valence-corrected chi connectivity index (χ2v) is 7.47. The van der Waals surface area contributed by atoms with Crippen LogP contribution in [0.5, 0.6) is 0 Å². The van der Waals surface area contributed by atoms with E-state index in [4.69, 9.17) is 10.1 Å². The van der Waals surface area contributed by atoms with E-state index in [0.717, 1.165) is 39.9 Å². The smallest absolute Gasteiger partial charge is 0.162 e. The van der Waals surface area contributed by atoms with E-state index in [1.54, 1.807) is 11.0 Å². The lowest BCUT2D eigenvalue weighted by atomic mass is 9.87. The number of nitrogens with zero attached hydrogens (tertiary/aromatic N) is 5. The highest BCUT2D eigenvalue weighted by molar-refractivity contribution is 5.62. The molecule has 0 unspecified atom stereocenters. The van der Waals surface area contributed by atoms with Crippen LogP contribution in [0.3, 0.4) is 0 Å². The first-order valence-corrected chi connectivity index (χ1v) is 9.35. The predicted octanol–water partition coefficient (Wildman–Crippen LogP) is 4.67. The second kappa shape index (κ2) is 7.00. The van der Waals surface area contributed by atoms with E-state index in [9.17, 15) is 0 Å². The van der Waals surface area contributed by atoms with Gasteiger partial charge in [-0.2, -0.15) is 5.10 Å². The Morgan fingerprint density at radius 1 is 0.821 bits per heavy atom. The van der Waals surface area contributed by atoms with Crippen molar-refractivity contribution in [3.63, 3.8) is 0 Å². The van der Waals surface area contributed by atoms with Crippen LogP contribution in [0.15, 0.2) is 67.0 Å². The molecule has 3 aromatic heterocycles. The normalized spacial score (nSPS) is 11.6. The zero-order valence-corrected chi connectivity index (χ0v) is 16.6. The third kappa shape index (κ3) is 3.31. The number of hydrogen-bond acceptors (Lipinski definition) is 4. The van der Waals surface area contributed by atoms with Crippen LogP contribution in [-0.4, -0.2) is 24.7 Å². The fraction of sp³-hybridized carbons (Fsp3) is 0.217. The molecule has 4 aromatic rings. The maximum absolute atomic E-state index is 4.93. The number of para-hydroxylation sites is 1. The highest BCUT2D eigenvalue weighted by atomic mass is 15.3. The minimum absolute atomic E-state index is 0.429. The summed E-state index contributed by atoms with van der Waals surface area (Å²) >= 11 is 0. The van der Waals surface area contributed by atoms with E-state index < -0.39 is 5.41 Å². The van der Waals surface area contributed by atoms with Crippen LogP contribution in [0.1, 0.15) is 36.8 Å². The molecule has 0 fully saturated rings. The molecule has 1 aromatic carbocycles. The molecule has 0 saturated carbocycles. The molecule has 0 aliphatic carbocycles. The Morgan fingerprint density at radius 3 is 2.36 bits per heavy atom. The summed E-state index contributed by atoms with van der Waals surface area (Å²) in [7, 11) is 0. The molecule has 0 N–H and O–H groups in total. The molecular formula is C23H23N5. The molecule has 0 saturated heterocycles. The zero-order valence-electron chi connectivity index (χ0n) is 16.6. The summed E-state index contributed by atoms with van der Waals surface area (Å²) in [6.07, 6.45) is 1.75. The van der Waals surface area contributed by atoms with E-state index in [1.165, 1.54) is 0 Å². The number of aromatic nitrogens is 5. The van der Waals surface area contributed by atoms with Crippen molar-refractivity contribution in [2.45, 2.75) is 33.1 Å². The molecule has 0 spiro atoms. The van der Waals surface area contributed by atoms with Gasteiger partial charge in [0.25, 0.3) is 0 Å². The molecule has 140 valence electrons. The Kier molecular flexibility index (Phi) is 4.51. The third-order valence-corrected chi connectivity index (χ3v) is 4.96. The summed E-state index contributed by atoms with van der Waals surface area (Å²) in [6, 6.07) is 20.2. The van der Waals surface area contributed by atoms with Gasteiger partial charge in [0.2, 0.25) is 0 Å². The van der Waals surface area contributed by atoms with E-state index in [0.29, 0.717) is 0 Å². The summed E-state index contributed by atoms with van der Waals surface area (Å²) in [6.45, 7) is 8.22. The summed E-state index contributed by atoms with van der Waals surface area (Å²) < 4.78 is 1.80. The Morgan fingerprint density at radius 2 is 1.61 bits per heavy atom. The van der Waals surface area contributed by atoms with Gasteiger partial charge in [-0.1, -0.05) is 24.3 Å². The van der Waals surface area contributed by atoms with E-state index in [2.05, 4.69) is 29.9 Å². The van der Waals surface area contributed by atoms with Crippen molar-refractivity contribution in [2.24, 2.45) is 0 Å². The van der Waals surface area contributed by atoms with Crippen LogP contribution >= 0.6 is 0 Å². The second-order valence-electron chi connectivity index (χ2n) is 7.47. The lowest BCUT2D eigenvalue weighted by Crippen LogP contribution is -2.23. The Labute approximate surface area is 165 Å². The summed E-state index contributed by atoms with van der Waals surface area (Å²) in [5.41, 5.74) is 5.43. The van der Waals surface area contributed by atoms with Gasteiger partial charge in [0.15, 0.2) is 5.82 Å². The van der Waals surface area contributed by atoms with Gasteiger partial charge >= 0.3 is 0 Å². The van der Waals surface area contributed by atoms with Gasteiger partial charge in [-0.05, 0) is 64.1 Å². The number of benzene rings is 1. The van der Waals surface area contributed by atoms with E-state index >= 15 is 0 Å². The number of pyridine rings is 2. The lowest BCUT2D eigenvalue weighted by molar-refractivity contribution is 0.569. The molecule has 0 aliphatic rings. The number of hydrogen-bond donors (Lipinski definition) is 0. The number of aryl methyl sites for hydroxylation is 2. The van der Waals surface area contributed by atoms with Crippen molar-refractivity contribution in [1.29, 1.82) is 0 Å².